The number of hydrogen-bond acceptors (Lipinski definition) is 3. The molecular formula is C20H27NO2. The molecule has 3 atom stereocenters. The first kappa shape index (κ1) is 15.2. The van der Waals surface area contributed by atoms with Gasteiger partial charge >= 0.3 is 0 Å². The van der Waals surface area contributed by atoms with Crippen molar-refractivity contribution in [2.45, 2.75) is 64.9 Å². The number of fused-ring (bicyclic) bond motifs is 5. The summed E-state index contributed by atoms with van der Waals surface area (Å²) in [5.41, 5.74) is 5.62. The molecule has 3 nitrogen and oxygen atoms in total. The highest BCUT2D eigenvalue weighted by atomic mass is 16.5. The molecule has 0 saturated heterocycles. The standard InChI is InChI=1S/C20H27NO2/c1-11-12(2)18(23-4)13(3)16-17(11)21-19-15-8-6-5-7-14(15)9-10-20(16,19)22/h14-15,22H,5-10H2,1-4H3/t14-,15+,20?/m1/s1. The van der Waals surface area contributed by atoms with Crippen molar-refractivity contribution in [1.29, 1.82) is 0 Å². The first-order valence-corrected chi connectivity index (χ1v) is 8.98. The lowest BCUT2D eigenvalue weighted by Crippen LogP contribution is -2.46. The molecular weight excluding hydrogens is 286 g/mol. The van der Waals surface area contributed by atoms with Crippen molar-refractivity contribution in [3.05, 3.63) is 22.3 Å². The molecule has 3 heteroatoms. The lowest BCUT2D eigenvalue weighted by atomic mass is 9.63. The molecule has 2 aliphatic carbocycles. The maximum Gasteiger partial charge on any atom is 0.130 e. The van der Waals surface area contributed by atoms with E-state index in [-0.39, 0.29) is 0 Å². The smallest absolute Gasteiger partial charge is 0.130 e. The Morgan fingerprint density at radius 1 is 1.04 bits per heavy atom. The zero-order chi connectivity index (χ0) is 16.4. The van der Waals surface area contributed by atoms with Gasteiger partial charge in [-0.25, -0.2) is 0 Å². The van der Waals surface area contributed by atoms with Gasteiger partial charge in [0.25, 0.3) is 0 Å². The molecule has 0 bridgehead atoms. The van der Waals surface area contributed by atoms with Crippen LogP contribution < -0.4 is 4.74 Å². The Bertz CT molecular complexity index is 706. The Morgan fingerprint density at radius 3 is 2.52 bits per heavy atom. The van der Waals surface area contributed by atoms with Crippen molar-refractivity contribution in [1.82, 2.24) is 0 Å². The molecule has 4 rings (SSSR count). The number of benzene rings is 1. The maximum absolute atomic E-state index is 11.6. The highest BCUT2D eigenvalue weighted by Gasteiger charge is 2.52. The van der Waals surface area contributed by atoms with Gasteiger partial charge in [0.05, 0.1) is 18.5 Å². The largest absolute Gasteiger partial charge is 0.496 e. The fourth-order valence-electron chi connectivity index (χ4n) is 5.35. The van der Waals surface area contributed by atoms with E-state index >= 15 is 0 Å². The van der Waals surface area contributed by atoms with Crippen LogP contribution >= 0.6 is 0 Å². The molecule has 1 aliphatic heterocycles. The van der Waals surface area contributed by atoms with Crippen molar-refractivity contribution < 1.29 is 9.84 Å². The van der Waals surface area contributed by atoms with Gasteiger partial charge in [-0.1, -0.05) is 12.8 Å². The third-order valence-electron chi connectivity index (χ3n) is 6.62. The molecule has 1 heterocycles. The SMILES string of the molecule is COc1c(C)c(C)c2c(c1C)C1(O)CC[C@H]3CCCC[C@@H]3C1=N2. The Kier molecular flexibility index (Phi) is 3.35. The molecule has 0 radical (unpaired) electrons. The van der Waals surface area contributed by atoms with E-state index in [0.717, 1.165) is 58.2 Å². The third kappa shape index (κ3) is 1.89. The van der Waals surface area contributed by atoms with Crippen molar-refractivity contribution in [2.24, 2.45) is 16.8 Å². The number of ether oxygens (including phenoxy) is 1. The topological polar surface area (TPSA) is 41.8 Å². The average molecular weight is 313 g/mol. The predicted molar refractivity (Wildman–Crippen MR) is 92.9 cm³/mol. The Balaban J connectivity index is 1.92. The molecule has 2 saturated carbocycles. The van der Waals surface area contributed by atoms with Crippen LogP contribution in [0.3, 0.4) is 0 Å². The van der Waals surface area contributed by atoms with Crippen LogP contribution in [-0.2, 0) is 5.60 Å². The average Bonchev–Trinajstić information content (AvgIpc) is 2.87. The van der Waals surface area contributed by atoms with Crippen molar-refractivity contribution in [3.8, 4) is 5.75 Å². The normalized spacial score (nSPS) is 32.0. The Hall–Kier alpha value is -1.35. The summed E-state index contributed by atoms with van der Waals surface area (Å²) < 4.78 is 5.65. The van der Waals surface area contributed by atoms with Gasteiger partial charge < -0.3 is 9.84 Å². The second-order valence-corrected chi connectivity index (χ2v) is 7.68. The van der Waals surface area contributed by atoms with Crippen LogP contribution in [0.15, 0.2) is 4.99 Å². The Labute approximate surface area is 138 Å². The van der Waals surface area contributed by atoms with Gasteiger partial charge in [-0.05, 0) is 69.1 Å². The van der Waals surface area contributed by atoms with Gasteiger partial charge in [0.2, 0.25) is 0 Å². The second-order valence-electron chi connectivity index (χ2n) is 7.68. The molecule has 1 aromatic rings. The molecule has 23 heavy (non-hydrogen) atoms. The molecule has 1 N–H and O–H groups in total. The minimum atomic E-state index is -0.857. The van der Waals surface area contributed by atoms with Crippen LogP contribution in [0, 0.1) is 32.6 Å². The lowest BCUT2D eigenvalue weighted by molar-refractivity contribution is 0.0589. The summed E-state index contributed by atoms with van der Waals surface area (Å²) in [7, 11) is 1.72. The fourth-order valence-corrected chi connectivity index (χ4v) is 5.35. The van der Waals surface area contributed by atoms with Gasteiger partial charge in [0.1, 0.15) is 11.4 Å². The van der Waals surface area contributed by atoms with E-state index in [4.69, 9.17) is 9.73 Å². The molecule has 3 aliphatic rings. The molecule has 0 amide bonds. The summed E-state index contributed by atoms with van der Waals surface area (Å²) >= 11 is 0. The van der Waals surface area contributed by atoms with E-state index in [1.807, 2.05) is 0 Å². The minimum absolute atomic E-state index is 0.472. The molecule has 0 aromatic heterocycles. The van der Waals surface area contributed by atoms with Gasteiger partial charge in [0.15, 0.2) is 0 Å². The van der Waals surface area contributed by atoms with Crippen LogP contribution in [0.25, 0.3) is 0 Å². The summed E-state index contributed by atoms with van der Waals surface area (Å²) in [5.74, 6) is 2.11. The zero-order valence-electron chi connectivity index (χ0n) is 14.7. The number of rotatable bonds is 1. The summed E-state index contributed by atoms with van der Waals surface area (Å²) in [6, 6.07) is 0. The summed E-state index contributed by atoms with van der Waals surface area (Å²) in [6.45, 7) is 6.28. The number of aliphatic imine (C=N–C) groups is 1. The molecule has 2 fully saturated rings. The lowest BCUT2D eigenvalue weighted by Gasteiger charge is -2.43. The highest BCUT2D eigenvalue weighted by Crippen LogP contribution is 2.56. The molecule has 124 valence electrons. The van der Waals surface area contributed by atoms with Crippen LogP contribution in [0.2, 0.25) is 0 Å². The maximum atomic E-state index is 11.6. The fraction of sp³-hybridized carbons (Fsp3) is 0.650. The zero-order valence-corrected chi connectivity index (χ0v) is 14.7. The van der Waals surface area contributed by atoms with E-state index in [1.165, 1.54) is 25.7 Å². The first-order chi connectivity index (χ1) is 11.0. The second kappa shape index (κ2) is 5.07. The number of aliphatic hydroxyl groups is 1. The van der Waals surface area contributed by atoms with Crippen molar-refractivity contribution >= 4 is 11.4 Å². The monoisotopic (exact) mass is 313 g/mol. The van der Waals surface area contributed by atoms with E-state index in [9.17, 15) is 5.11 Å². The van der Waals surface area contributed by atoms with E-state index in [1.54, 1.807) is 7.11 Å². The van der Waals surface area contributed by atoms with E-state index in [0.29, 0.717) is 5.92 Å². The molecule has 1 aromatic carbocycles. The minimum Gasteiger partial charge on any atom is -0.496 e. The third-order valence-corrected chi connectivity index (χ3v) is 6.62. The Morgan fingerprint density at radius 2 is 1.78 bits per heavy atom. The molecule has 0 spiro atoms. The van der Waals surface area contributed by atoms with Crippen LogP contribution in [0.5, 0.6) is 5.75 Å². The van der Waals surface area contributed by atoms with Gasteiger partial charge in [0, 0.05) is 11.5 Å². The van der Waals surface area contributed by atoms with Crippen LogP contribution in [-0.4, -0.2) is 17.9 Å². The molecule has 1 unspecified atom stereocenters. The van der Waals surface area contributed by atoms with Crippen molar-refractivity contribution in [2.75, 3.05) is 7.11 Å². The van der Waals surface area contributed by atoms with E-state index < -0.39 is 5.60 Å². The predicted octanol–water partition coefficient (Wildman–Crippen LogP) is 4.49. The number of hydrogen-bond donors (Lipinski definition) is 1. The summed E-state index contributed by atoms with van der Waals surface area (Å²) in [4.78, 5) is 5.04. The number of methoxy groups -OCH3 is 1. The van der Waals surface area contributed by atoms with Crippen LogP contribution in [0.1, 0.15) is 60.8 Å². The first-order valence-electron chi connectivity index (χ1n) is 8.98. The van der Waals surface area contributed by atoms with Gasteiger partial charge in [-0.2, -0.15) is 0 Å². The van der Waals surface area contributed by atoms with Gasteiger partial charge in [-0.15, -0.1) is 0 Å². The summed E-state index contributed by atoms with van der Waals surface area (Å²) in [6.07, 6.45) is 7.03. The van der Waals surface area contributed by atoms with Crippen molar-refractivity contribution in [3.63, 3.8) is 0 Å². The quantitative estimate of drug-likeness (QED) is 0.829. The van der Waals surface area contributed by atoms with Crippen LogP contribution in [0.4, 0.5) is 5.69 Å². The van der Waals surface area contributed by atoms with E-state index in [2.05, 4.69) is 20.8 Å². The summed E-state index contributed by atoms with van der Waals surface area (Å²) in [5, 5.41) is 11.6. The van der Waals surface area contributed by atoms with Gasteiger partial charge in [-0.3, -0.25) is 4.99 Å². The number of nitrogens with zero attached hydrogens (tertiary/aromatic N) is 1. The highest BCUT2D eigenvalue weighted by molar-refractivity contribution is 6.04.